The van der Waals surface area contributed by atoms with E-state index in [4.69, 9.17) is 14.7 Å². The molecule has 1 aliphatic heterocycles. The quantitative estimate of drug-likeness (QED) is 0.213. The molecule has 40 heavy (non-hydrogen) atoms. The number of rotatable bonds is 6. The highest BCUT2D eigenvalue weighted by atomic mass is 19.4. The number of carbonyl (C=O) groups is 2. The molecule has 0 atom stereocenters. The van der Waals surface area contributed by atoms with Crippen LogP contribution in [0, 0.1) is 0 Å². The molecule has 11 heteroatoms. The van der Waals surface area contributed by atoms with Gasteiger partial charge in [-0.1, -0.05) is 53.7 Å². The molecule has 0 unspecified atom stereocenters. The van der Waals surface area contributed by atoms with Crippen molar-refractivity contribution in [2.24, 2.45) is 5.16 Å². The molecule has 1 aliphatic rings. The molecule has 0 aliphatic carbocycles. The van der Waals surface area contributed by atoms with Crippen molar-refractivity contribution in [3.63, 3.8) is 0 Å². The summed E-state index contributed by atoms with van der Waals surface area (Å²) in [5, 5.41) is 14.3. The van der Waals surface area contributed by atoms with Crippen molar-refractivity contribution in [3.05, 3.63) is 101 Å². The molecule has 8 nitrogen and oxygen atoms in total. The van der Waals surface area contributed by atoms with E-state index in [9.17, 15) is 18.0 Å². The van der Waals surface area contributed by atoms with Crippen LogP contribution in [0.3, 0.4) is 0 Å². The van der Waals surface area contributed by atoms with Gasteiger partial charge in [0, 0.05) is 41.7 Å². The van der Waals surface area contributed by atoms with Crippen LogP contribution in [0.2, 0.25) is 0 Å². The van der Waals surface area contributed by atoms with Gasteiger partial charge in [-0.2, -0.15) is 13.2 Å². The highest BCUT2D eigenvalue weighted by Gasteiger charge is 2.38. The van der Waals surface area contributed by atoms with E-state index < -0.39 is 12.1 Å². The lowest BCUT2D eigenvalue weighted by atomic mass is 10.0. The zero-order valence-electron chi connectivity index (χ0n) is 21.3. The van der Waals surface area contributed by atoms with E-state index in [1.165, 1.54) is 0 Å². The lowest BCUT2D eigenvalue weighted by Gasteiger charge is -2.11. The van der Waals surface area contributed by atoms with Gasteiger partial charge >= 0.3 is 12.1 Å². The number of nitrogens with one attached hydrogen (secondary N) is 2. The zero-order valence-corrected chi connectivity index (χ0v) is 21.3. The van der Waals surface area contributed by atoms with Crippen molar-refractivity contribution in [2.45, 2.75) is 26.1 Å². The van der Waals surface area contributed by atoms with Gasteiger partial charge in [0.2, 0.25) is 0 Å². The van der Waals surface area contributed by atoms with Gasteiger partial charge in [0.1, 0.15) is 6.61 Å². The fourth-order valence-electron chi connectivity index (χ4n) is 3.94. The Labute approximate surface area is 227 Å². The van der Waals surface area contributed by atoms with Gasteiger partial charge in [-0.05, 0) is 42.3 Å². The molecule has 2 aromatic carbocycles. The molecule has 0 spiro atoms. The van der Waals surface area contributed by atoms with Crippen molar-refractivity contribution in [2.75, 3.05) is 6.54 Å². The largest absolute Gasteiger partial charge is 0.490 e. The third kappa shape index (κ3) is 7.13. The summed E-state index contributed by atoms with van der Waals surface area (Å²) in [7, 11) is 0. The fourth-order valence-corrected chi connectivity index (χ4v) is 3.94. The van der Waals surface area contributed by atoms with Crippen LogP contribution in [0.4, 0.5) is 13.2 Å². The Balaban J connectivity index is 0.000000470. The number of aliphatic carboxylic acids is 1. The van der Waals surface area contributed by atoms with Crippen molar-refractivity contribution in [1.29, 1.82) is 0 Å². The van der Waals surface area contributed by atoms with Crippen LogP contribution < -0.4 is 5.32 Å². The Kier molecular flexibility index (Phi) is 8.63. The first-order valence-corrected chi connectivity index (χ1v) is 12.2. The van der Waals surface area contributed by atoms with Crippen molar-refractivity contribution in [1.82, 2.24) is 15.3 Å². The highest BCUT2D eigenvalue weighted by Crippen LogP contribution is 2.27. The molecule has 0 saturated carbocycles. The standard InChI is InChI=1S/C27H24N4O2.C2HF3O2/c1-18(31-33-17-19-6-3-2-4-7-19)20-8-5-9-21(14-20)25-15-22(10-12-28-25)26-16-23-24(30-26)11-13-29-27(23)32;3-2(4,5)1(6)7/h2-10,12,14-16,30H,11,13,17H2,1H3,(H,29,32);(H,6,7)/b31-18+;. The zero-order chi connectivity index (χ0) is 28.7. The number of hydrogen-bond donors (Lipinski definition) is 3. The number of carboxylic acid groups (broad SMARTS) is 1. The van der Waals surface area contributed by atoms with Gasteiger partial charge in [0.15, 0.2) is 0 Å². The van der Waals surface area contributed by atoms with Gasteiger partial charge < -0.3 is 20.2 Å². The average Bonchev–Trinajstić information content (AvgIpc) is 3.40. The van der Waals surface area contributed by atoms with Crippen LogP contribution in [0.15, 0.2) is 84.1 Å². The normalized spacial score (nSPS) is 13.0. The maximum atomic E-state index is 12.1. The third-order valence-electron chi connectivity index (χ3n) is 5.97. The van der Waals surface area contributed by atoms with Crippen molar-refractivity contribution >= 4 is 17.6 Å². The van der Waals surface area contributed by atoms with E-state index in [2.05, 4.69) is 26.5 Å². The van der Waals surface area contributed by atoms with E-state index in [1.807, 2.05) is 73.7 Å². The van der Waals surface area contributed by atoms with Crippen LogP contribution in [0.25, 0.3) is 22.5 Å². The van der Waals surface area contributed by atoms with Gasteiger partial charge in [-0.3, -0.25) is 9.78 Å². The summed E-state index contributed by atoms with van der Waals surface area (Å²) >= 11 is 0. The second-order valence-electron chi connectivity index (χ2n) is 8.83. The Bertz CT molecular complexity index is 1530. The van der Waals surface area contributed by atoms with E-state index in [-0.39, 0.29) is 5.91 Å². The molecule has 0 radical (unpaired) electrons. The Morgan fingerprint density at radius 1 is 1.05 bits per heavy atom. The summed E-state index contributed by atoms with van der Waals surface area (Å²) in [6.07, 6.45) is -2.48. The average molecular weight is 551 g/mol. The monoisotopic (exact) mass is 550 g/mol. The number of pyridine rings is 1. The molecule has 0 fully saturated rings. The topological polar surface area (TPSA) is 117 Å². The second-order valence-corrected chi connectivity index (χ2v) is 8.83. The van der Waals surface area contributed by atoms with E-state index >= 15 is 0 Å². The number of amides is 1. The summed E-state index contributed by atoms with van der Waals surface area (Å²) in [6, 6.07) is 24.0. The lowest BCUT2D eigenvalue weighted by molar-refractivity contribution is -0.192. The molecule has 3 N–H and O–H groups in total. The molecular weight excluding hydrogens is 525 g/mol. The number of nitrogens with zero attached hydrogens (tertiary/aromatic N) is 2. The molecule has 0 bridgehead atoms. The molecule has 206 valence electrons. The van der Waals surface area contributed by atoms with Crippen LogP contribution in [-0.4, -0.2) is 45.4 Å². The first kappa shape index (κ1) is 28.1. The third-order valence-corrected chi connectivity index (χ3v) is 5.97. The van der Waals surface area contributed by atoms with Gasteiger partial charge in [0.25, 0.3) is 5.91 Å². The summed E-state index contributed by atoms with van der Waals surface area (Å²) in [5.41, 5.74) is 8.30. The Hall–Kier alpha value is -4.93. The maximum absolute atomic E-state index is 12.1. The first-order valence-electron chi connectivity index (χ1n) is 12.2. The summed E-state index contributed by atoms with van der Waals surface area (Å²) in [6.45, 7) is 3.03. The van der Waals surface area contributed by atoms with Gasteiger partial charge in [0.05, 0.1) is 17.0 Å². The second kappa shape index (κ2) is 12.3. The smallest absolute Gasteiger partial charge is 0.475 e. The van der Waals surface area contributed by atoms with Crippen molar-refractivity contribution < 1.29 is 32.7 Å². The number of halogens is 3. The van der Waals surface area contributed by atoms with Gasteiger partial charge in [-0.25, -0.2) is 4.79 Å². The predicted octanol–water partition coefficient (Wildman–Crippen LogP) is 5.60. The van der Waals surface area contributed by atoms with Crippen LogP contribution in [0.1, 0.15) is 34.1 Å². The molecule has 5 rings (SSSR count). The Morgan fingerprint density at radius 3 is 2.50 bits per heavy atom. The van der Waals surface area contributed by atoms with E-state index in [1.54, 1.807) is 6.20 Å². The predicted molar refractivity (Wildman–Crippen MR) is 143 cm³/mol. The molecule has 4 aromatic rings. The molecular formula is C29H25F3N4O4. The number of aromatic nitrogens is 2. The minimum absolute atomic E-state index is 0.0232. The Morgan fingerprint density at radius 2 is 1.80 bits per heavy atom. The molecule has 3 heterocycles. The first-order chi connectivity index (χ1) is 19.1. The SMILES string of the molecule is C/C(=N\OCc1ccccc1)c1cccc(-c2cc(-c3cc4c([nH]3)CCNC4=O)ccn2)c1.O=C(O)C(F)(F)F. The van der Waals surface area contributed by atoms with Crippen LogP contribution >= 0.6 is 0 Å². The number of hydrogen-bond acceptors (Lipinski definition) is 5. The van der Waals surface area contributed by atoms with Crippen LogP contribution in [0.5, 0.6) is 0 Å². The number of carboxylic acids is 1. The summed E-state index contributed by atoms with van der Waals surface area (Å²) in [4.78, 5) is 34.5. The number of fused-ring (bicyclic) bond motifs is 1. The van der Waals surface area contributed by atoms with Crippen LogP contribution in [-0.2, 0) is 22.7 Å². The lowest BCUT2D eigenvalue weighted by Crippen LogP contribution is -2.31. The van der Waals surface area contributed by atoms with Gasteiger partial charge in [-0.15, -0.1) is 0 Å². The minimum Gasteiger partial charge on any atom is -0.475 e. The van der Waals surface area contributed by atoms with E-state index in [0.717, 1.165) is 57.0 Å². The molecule has 1 amide bonds. The number of alkyl halides is 3. The molecule has 2 aromatic heterocycles. The minimum atomic E-state index is -5.08. The number of H-pyrrole nitrogens is 1. The maximum Gasteiger partial charge on any atom is 0.490 e. The summed E-state index contributed by atoms with van der Waals surface area (Å²) in [5.74, 6) is -2.78. The van der Waals surface area contributed by atoms with E-state index in [0.29, 0.717) is 13.2 Å². The fraction of sp³-hybridized carbons (Fsp3) is 0.172. The number of aromatic amines is 1. The number of benzene rings is 2. The molecule has 0 saturated heterocycles. The highest BCUT2D eigenvalue weighted by molar-refractivity contribution is 5.99. The summed E-state index contributed by atoms with van der Waals surface area (Å²) < 4.78 is 31.7. The number of oxime groups is 1. The van der Waals surface area contributed by atoms with Crippen molar-refractivity contribution in [3.8, 4) is 22.5 Å². The number of carbonyl (C=O) groups excluding carboxylic acids is 1.